The highest BCUT2D eigenvalue weighted by Gasteiger charge is 2.38. The number of nitrogens with one attached hydrogen (secondary N) is 1. The van der Waals surface area contributed by atoms with Gasteiger partial charge in [0.1, 0.15) is 5.75 Å². The predicted octanol–water partition coefficient (Wildman–Crippen LogP) is 6.09. The molecule has 1 aromatic heterocycles. The second kappa shape index (κ2) is 11.7. The van der Waals surface area contributed by atoms with Crippen molar-refractivity contribution in [2.75, 3.05) is 25.1 Å². The van der Waals surface area contributed by atoms with Crippen LogP contribution in [0.4, 0.5) is 5.69 Å². The topological polar surface area (TPSA) is 91.8 Å². The maximum absolute atomic E-state index is 13.1. The van der Waals surface area contributed by atoms with Crippen LogP contribution < -0.4 is 15.0 Å². The normalized spacial score (nSPS) is 16.2. The van der Waals surface area contributed by atoms with Crippen molar-refractivity contribution in [3.05, 3.63) is 76.6 Å². The molecule has 2 fully saturated rings. The van der Waals surface area contributed by atoms with Crippen molar-refractivity contribution in [3.8, 4) is 16.9 Å². The number of hydrogen-bond donors (Lipinski definition) is 2. The summed E-state index contributed by atoms with van der Waals surface area (Å²) < 4.78 is 5.70. The van der Waals surface area contributed by atoms with E-state index >= 15 is 0 Å². The van der Waals surface area contributed by atoms with Gasteiger partial charge in [0.05, 0.1) is 24.8 Å². The van der Waals surface area contributed by atoms with Crippen LogP contribution in [0.3, 0.4) is 0 Å². The largest absolute Gasteiger partial charge is 0.496 e. The Morgan fingerprint density at radius 3 is 2.35 bits per heavy atom. The highest BCUT2D eigenvalue weighted by atomic mass is 16.5. The summed E-state index contributed by atoms with van der Waals surface area (Å²) in [5, 5.41) is 12.8. The highest BCUT2D eigenvalue weighted by molar-refractivity contribution is 5.98. The van der Waals surface area contributed by atoms with Gasteiger partial charge in [0, 0.05) is 42.1 Å². The smallest absolute Gasteiger partial charge is 0.307 e. The van der Waals surface area contributed by atoms with Crippen LogP contribution >= 0.6 is 0 Å². The van der Waals surface area contributed by atoms with Crippen LogP contribution in [0.2, 0.25) is 0 Å². The third kappa shape index (κ3) is 5.69. The molecule has 0 bridgehead atoms. The highest BCUT2D eigenvalue weighted by Crippen LogP contribution is 2.48. The van der Waals surface area contributed by atoms with Crippen LogP contribution in [0.5, 0.6) is 5.75 Å². The van der Waals surface area contributed by atoms with Crippen LogP contribution in [0, 0.1) is 19.3 Å². The van der Waals surface area contributed by atoms with Crippen molar-refractivity contribution >= 4 is 17.6 Å². The molecule has 1 saturated heterocycles. The van der Waals surface area contributed by atoms with Crippen molar-refractivity contribution in [1.82, 2.24) is 10.3 Å². The number of aliphatic carboxylic acids is 1. The molecule has 1 aliphatic carbocycles. The average molecular weight is 542 g/mol. The molecule has 0 radical (unpaired) electrons. The van der Waals surface area contributed by atoms with Crippen LogP contribution in [0.1, 0.15) is 71.4 Å². The lowest BCUT2D eigenvalue weighted by Gasteiger charge is -2.42. The second-order valence-electron chi connectivity index (χ2n) is 11.3. The Morgan fingerprint density at radius 1 is 1.00 bits per heavy atom. The number of aryl methyl sites for hydroxylation is 2. The zero-order valence-electron chi connectivity index (χ0n) is 23.8. The Hall–Kier alpha value is -3.87. The summed E-state index contributed by atoms with van der Waals surface area (Å²) in [6.07, 6.45) is 7.40. The van der Waals surface area contributed by atoms with E-state index in [0.717, 1.165) is 65.3 Å². The van der Waals surface area contributed by atoms with Crippen molar-refractivity contribution in [3.63, 3.8) is 0 Å². The minimum Gasteiger partial charge on any atom is -0.496 e. The van der Waals surface area contributed by atoms with Crippen molar-refractivity contribution in [2.45, 2.75) is 65.3 Å². The maximum Gasteiger partial charge on any atom is 0.307 e. The number of aromatic nitrogens is 1. The number of piperidine rings is 1. The van der Waals surface area contributed by atoms with Crippen LogP contribution in [0.25, 0.3) is 11.1 Å². The maximum atomic E-state index is 13.1. The van der Waals surface area contributed by atoms with Crippen molar-refractivity contribution < 1.29 is 19.4 Å². The molecular formula is C33H39N3O4. The summed E-state index contributed by atoms with van der Waals surface area (Å²) in [5.41, 5.74) is 7.01. The number of carboxylic acids is 1. The third-order valence-corrected chi connectivity index (χ3v) is 8.82. The minimum absolute atomic E-state index is 0.0831. The fourth-order valence-corrected chi connectivity index (χ4v) is 6.66. The molecule has 1 spiro atoms. The number of pyridine rings is 1. The summed E-state index contributed by atoms with van der Waals surface area (Å²) in [6, 6.07) is 15.4. The summed E-state index contributed by atoms with van der Waals surface area (Å²) in [7, 11) is 1.57. The molecule has 1 aliphatic heterocycles. The number of anilines is 1. The standard InChI is InChI=1S/C33H39N3O4/c1-22-27(20-29(37)38)31(36-17-15-33(16-18-36)13-7-8-14-33)30(23(2)35-22)25-11-12-26(28(19-25)40-3)32(39)34-21-24-9-5-4-6-10-24/h4-6,9-12,19H,7-8,13-18,20-21H2,1-3H3,(H,34,39)(H,37,38). The van der Waals surface area contributed by atoms with Gasteiger partial charge in [0.15, 0.2) is 0 Å². The molecule has 1 saturated carbocycles. The Balaban J connectivity index is 1.51. The molecule has 2 aromatic carbocycles. The number of amides is 1. The zero-order chi connectivity index (χ0) is 28.3. The van der Waals surface area contributed by atoms with Crippen LogP contribution in [-0.4, -0.2) is 42.2 Å². The van der Waals surface area contributed by atoms with E-state index in [-0.39, 0.29) is 12.3 Å². The first kappa shape index (κ1) is 27.7. The lowest BCUT2D eigenvalue weighted by molar-refractivity contribution is -0.136. The molecule has 210 valence electrons. The van der Waals surface area contributed by atoms with Crippen LogP contribution in [0.15, 0.2) is 48.5 Å². The molecule has 1 amide bonds. The Bertz CT molecular complexity index is 1390. The quantitative estimate of drug-likeness (QED) is 0.359. The van der Waals surface area contributed by atoms with E-state index in [1.54, 1.807) is 13.2 Å². The number of nitrogens with zero attached hydrogens (tertiary/aromatic N) is 2. The van der Waals surface area contributed by atoms with Gasteiger partial charge in [-0.3, -0.25) is 14.6 Å². The first-order chi connectivity index (χ1) is 19.3. The molecule has 3 aromatic rings. The fraction of sp³-hybridized carbons (Fsp3) is 0.424. The van der Waals surface area contributed by atoms with E-state index in [2.05, 4.69) is 10.2 Å². The van der Waals surface area contributed by atoms with Gasteiger partial charge in [-0.15, -0.1) is 0 Å². The van der Waals surface area contributed by atoms with Gasteiger partial charge in [-0.25, -0.2) is 0 Å². The second-order valence-corrected chi connectivity index (χ2v) is 11.3. The monoisotopic (exact) mass is 541 g/mol. The number of rotatable bonds is 8. The lowest BCUT2D eigenvalue weighted by Crippen LogP contribution is -2.40. The number of hydrogen-bond acceptors (Lipinski definition) is 5. The SMILES string of the molecule is COc1cc(-c2c(C)nc(C)c(CC(=O)O)c2N2CCC3(CCCC3)CC2)ccc1C(=O)NCc1ccccc1. The predicted molar refractivity (Wildman–Crippen MR) is 157 cm³/mol. The van der Waals surface area contributed by atoms with Gasteiger partial charge in [0.2, 0.25) is 0 Å². The molecule has 2 aliphatic rings. The summed E-state index contributed by atoms with van der Waals surface area (Å²) in [5.74, 6) is -0.610. The van der Waals surface area contributed by atoms with Crippen LogP contribution in [-0.2, 0) is 17.8 Å². The van der Waals surface area contributed by atoms with Gasteiger partial charge in [-0.2, -0.15) is 0 Å². The first-order valence-corrected chi connectivity index (χ1v) is 14.3. The van der Waals surface area contributed by atoms with E-state index < -0.39 is 5.97 Å². The first-order valence-electron chi connectivity index (χ1n) is 14.3. The number of ether oxygens (including phenoxy) is 1. The Morgan fingerprint density at radius 2 is 1.70 bits per heavy atom. The van der Waals surface area contributed by atoms with Gasteiger partial charge in [0.25, 0.3) is 5.91 Å². The Labute approximate surface area is 236 Å². The zero-order valence-corrected chi connectivity index (χ0v) is 23.8. The van der Waals surface area contributed by atoms with E-state index in [1.165, 1.54) is 25.7 Å². The number of methoxy groups -OCH3 is 1. The van der Waals surface area contributed by atoms with E-state index in [1.807, 2.05) is 56.3 Å². The van der Waals surface area contributed by atoms with Gasteiger partial charge >= 0.3 is 5.97 Å². The molecule has 7 heteroatoms. The number of carbonyl (C=O) groups is 2. The average Bonchev–Trinajstić information content (AvgIpc) is 3.41. The molecule has 0 unspecified atom stereocenters. The van der Waals surface area contributed by atoms with Gasteiger partial charge < -0.3 is 20.1 Å². The molecule has 5 rings (SSSR count). The third-order valence-electron chi connectivity index (χ3n) is 8.82. The molecule has 7 nitrogen and oxygen atoms in total. The van der Waals surface area contributed by atoms with E-state index in [0.29, 0.717) is 23.3 Å². The molecule has 2 heterocycles. The summed E-state index contributed by atoms with van der Waals surface area (Å²) in [6.45, 7) is 6.11. The van der Waals surface area contributed by atoms with Gasteiger partial charge in [-0.05, 0) is 68.2 Å². The van der Waals surface area contributed by atoms with Gasteiger partial charge in [-0.1, -0.05) is 49.2 Å². The van der Waals surface area contributed by atoms with E-state index in [4.69, 9.17) is 9.72 Å². The number of carbonyl (C=O) groups excluding carboxylic acids is 1. The molecular weight excluding hydrogens is 502 g/mol. The summed E-state index contributed by atoms with van der Waals surface area (Å²) >= 11 is 0. The number of carboxylic acid groups (broad SMARTS) is 1. The fourth-order valence-electron chi connectivity index (χ4n) is 6.66. The lowest BCUT2D eigenvalue weighted by atomic mass is 9.76. The van der Waals surface area contributed by atoms with Crippen molar-refractivity contribution in [1.29, 1.82) is 0 Å². The van der Waals surface area contributed by atoms with Crippen molar-refractivity contribution in [2.24, 2.45) is 5.41 Å². The molecule has 0 atom stereocenters. The molecule has 40 heavy (non-hydrogen) atoms. The summed E-state index contributed by atoms with van der Waals surface area (Å²) in [4.78, 5) is 32.2. The molecule has 2 N–H and O–H groups in total. The Kier molecular flexibility index (Phi) is 8.10. The number of benzene rings is 2. The van der Waals surface area contributed by atoms with E-state index in [9.17, 15) is 14.7 Å². The minimum atomic E-state index is -0.867.